The lowest BCUT2D eigenvalue weighted by molar-refractivity contribution is -0.137. The van der Waals surface area contributed by atoms with Crippen LogP contribution in [-0.2, 0) is 12.7 Å². The van der Waals surface area contributed by atoms with Crippen LogP contribution in [0.4, 0.5) is 30.6 Å². The molecule has 1 heterocycles. The molecular formula is C18H15ClF3N5. The van der Waals surface area contributed by atoms with Gasteiger partial charge in [0.1, 0.15) is 0 Å². The summed E-state index contributed by atoms with van der Waals surface area (Å²) in [6, 6.07) is 10.9. The molecule has 0 bridgehead atoms. The second-order valence-electron chi connectivity index (χ2n) is 5.76. The van der Waals surface area contributed by atoms with E-state index in [1.165, 1.54) is 12.3 Å². The van der Waals surface area contributed by atoms with Gasteiger partial charge in [-0.2, -0.15) is 23.3 Å². The predicted molar refractivity (Wildman–Crippen MR) is 98.1 cm³/mol. The summed E-state index contributed by atoms with van der Waals surface area (Å²) in [4.78, 5) is 4.21. The summed E-state index contributed by atoms with van der Waals surface area (Å²) in [5.41, 5.74) is 1.45. The molecule has 0 atom stereocenters. The molecule has 3 aromatic rings. The first-order valence-corrected chi connectivity index (χ1v) is 8.32. The van der Waals surface area contributed by atoms with Gasteiger partial charge in [0.25, 0.3) is 0 Å². The number of alkyl halides is 3. The third-order valence-corrected chi connectivity index (χ3v) is 4.14. The minimum atomic E-state index is -4.47. The summed E-state index contributed by atoms with van der Waals surface area (Å²) >= 11 is 5.99. The van der Waals surface area contributed by atoms with Gasteiger partial charge in [0.05, 0.1) is 22.5 Å². The summed E-state index contributed by atoms with van der Waals surface area (Å²) in [6.07, 6.45) is -3.17. The van der Waals surface area contributed by atoms with E-state index < -0.39 is 11.7 Å². The molecular weight excluding hydrogens is 379 g/mol. The van der Waals surface area contributed by atoms with Gasteiger partial charge < -0.3 is 10.6 Å². The number of halogens is 4. The fourth-order valence-electron chi connectivity index (χ4n) is 2.36. The number of aryl methyl sites for hydroxylation is 1. The Kier molecular flexibility index (Phi) is 5.46. The number of hydrogen-bond acceptors (Lipinski definition) is 5. The van der Waals surface area contributed by atoms with Crippen LogP contribution in [0.3, 0.4) is 0 Å². The Morgan fingerprint density at radius 1 is 1.11 bits per heavy atom. The Balaban J connectivity index is 1.75. The molecule has 0 aliphatic heterocycles. The van der Waals surface area contributed by atoms with E-state index in [4.69, 9.17) is 11.6 Å². The van der Waals surface area contributed by atoms with Crippen LogP contribution in [0.1, 0.15) is 16.7 Å². The van der Waals surface area contributed by atoms with Gasteiger partial charge in [-0.1, -0.05) is 35.9 Å². The minimum Gasteiger partial charge on any atom is -0.349 e. The van der Waals surface area contributed by atoms with Crippen molar-refractivity contribution in [3.63, 3.8) is 0 Å². The van der Waals surface area contributed by atoms with Crippen LogP contribution in [0, 0.1) is 6.92 Å². The van der Waals surface area contributed by atoms with E-state index in [9.17, 15) is 13.2 Å². The lowest BCUT2D eigenvalue weighted by Gasteiger charge is -2.12. The van der Waals surface area contributed by atoms with Crippen molar-refractivity contribution < 1.29 is 13.2 Å². The van der Waals surface area contributed by atoms with Crippen LogP contribution in [0.25, 0.3) is 0 Å². The van der Waals surface area contributed by atoms with Crippen molar-refractivity contribution >= 4 is 29.1 Å². The highest BCUT2D eigenvalue weighted by Crippen LogP contribution is 2.34. The van der Waals surface area contributed by atoms with Crippen molar-refractivity contribution in [2.75, 3.05) is 10.6 Å². The Bertz CT molecular complexity index is 946. The quantitative estimate of drug-likeness (QED) is 0.623. The van der Waals surface area contributed by atoms with E-state index in [2.05, 4.69) is 25.8 Å². The molecule has 0 amide bonds. The second-order valence-corrected chi connectivity index (χ2v) is 6.17. The van der Waals surface area contributed by atoms with E-state index in [-0.39, 0.29) is 22.5 Å². The molecule has 2 N–H and O–H groups in total. The Morgan fingerprint density at radius 3 is 2.63 bits per heavy atom. The zero-order valence-corrected chi connectivity index (χ0v) is 14.9. The average molecular weight is 394 g/mol. The molecule has 0 unspecified atom stereocenters. The van der Waals surface area contributed by atoms with E-state index in [1.807, 2.05) is 31.2 Å². The van der Waals surface area contributed by atoms with Crippen molar-refractivity contribution in [1.82, 2.24) is 15.2 Å². The summed E-state index contributed by atoms with van der Waals surface area (Å²) in [5, 5.41) is 13.6. The van der Waals surface area contributed by atoms with Crippen molar-refractivity contribution in [3.05, 3.63) is 70.4 Å². The number of rotatable bonds is 5. The number of benzene rings is 2. The van der Waals surface area contributed by atoms with Crippen LogP contribution in [0.15, 0.2) is 48.7 Å². The number of nitrogens with one attached hydrogen (secondary N) is 2. The van der Waals surface area contributed by atoms with Crippen molar-refractivity contribution in [3.8, 4) is 0 Å². The molecule has 0 spiro atoms. The monoisotopic (exact) mass is 393 g/mol. The van der Waals surface area contributed by atoms with Crippen LogP contribution in [-0.4, -0.2) is 15.2 Å². The van der Waals surface area contributed by atoms with Gasteiger partial charge in [-0.3, -0.25) is 0 Å². The first-order valence-electron chi connectivity index (χ1n) is 7.95. The van der Waals surface area contributed by atoms with Gasteiger partial charge in [-0.05, 0) is 36.2 Å². The number of hydrogen-bond donors (Lipinski definition) is 2. The van der Waals surface area contributed by atoms with E-state index in [0.29, 0.717) is 6.54 Å². The first kappa shape index (κ1) is 18.9. The summed E-state index contributed by atoms with van der Waals surface area (Å²) in [7, 11) is 0. The highest BCUT2D eigenvalue weighted by atomic mass is 35.5. The molecule has 9 heteroatoms. The lowest BCUT2D eigenvalue weighted by atomic mass is 10.1. The highest BCUT2D eigenvalue weighted by molar-refractivity contribution is 6.33. The Hall–Kier alpha value is -2.87. The average Bonchev–Trinajstić information content (AvgIpc) is 2.62. The molecule has 2 aromatic carbocycles. The normalized spacial score (nSPS) is 11.3. The van der Waals surface area contributed by atoms with Gasteiger partial charge in [-0.15, -0.1) is 5.10 Å². The van der Waals surface area contributed by atoms with E-state index in [0.717, 1.165) is 23.3 Å². The summed E-state index contributed by atoms with van der Waals surface area (Å²) < 4.78 is 38.6. The Morgan fingerprint density at radius 2 is 1.89 bits per heavy atom. The van der Waals surface area contributed by atoms with Crippen molar-refractivity contribution in [2.24, 2.45) is 0 Å². The van der Waals surface area contributed by atoms with Crippen LogP contribution < -0.4 is 10.6 Å². The standard InChI is InChI=1S/C18H15ClF3N5/c1-11-4-2-3-5-12(11)9-23-17-26-16(10-24-27-17)25-15-8-13(18(20,21)22)6-7-14(15)19/h2-8,10H,9H2,1H3,(H2,23,25,26,27). The zero-order chi connectivity index (χ0) is 19.4. The maximum Gasteiger partial charge on any atom is 0.416 e. The van der Waals surface area contributed by atoms with Gasteiger partial charge in [0, 0.05) is 6.54 Å². The molecule has 0 aliphatic carbocycles. The zero-order valence-electron chi connectivity index (χ0n) is 14.2. The molecule has 0 saturated heterocycles. The fourth-order valence-corrected chi connectivity index (χ4v) is 2.52. The van der Waals surface area contributed by atoms with Gasteiger partial charge in [0.15, 0.2) is 5.82 Å². The number of nitrogens with zero attached hydrogens (tertiary/aromatic N) is 3. The van der Waals surface area contributed by atoms with E-state index in [1.54, 1.807) is 0 Å². The smallest absolute Gasteiger partial charge is 0.349 e. The maximum atomic E-state index is 12.9. The van der Waals surface area contributed by atoms with Crippen LogP contribution in [0.5, 0.6) is 0 Å². The molecule has 140 valence electrons. The third kappa shape index (κ3) is 4.85. The number of anilines is 3. The minimum absolute atomic E-state index is 0.0804. The first-order chi connectivity index (χ1) is 12.8. The lowest BCUT2D eigenvalue weighted by Crippen LogP contribution is -2.08. The maximum absolute atomic E-state index is 12.9. The molecule has 1 aromatic heterocycles. The summed E-state index contributed by atoms with van der Waals surface area (Å²) in [6.45, 7) is 2.48. The van der Waals surface area contributed by atoms with Crippen LogP contribution >= 0.6 is 11.6 Å². The second kappa shape index (κ2) is 7.79. The fraction of sp³-hybridized carbons (Fsp3) is 0.167. The molecule has 27 heavy (non-hydrogen) atoms. The van der Waals surface area contributed by atoms with Gasteiger partial charge in [-0.25, -0.2) is 0 Å². The topological polar surface area (TPSA) is 62.7 Å². The van der Waals surface area contributed by atoms with Crippen molar-refractivity contribution in [1.29, 1.82) is 0 Å². The molecule has 3 rings (SSSR count). The SMILES string of the molecule is Cc1ccccc1CNc1nncc(Nc2cc(C(F)(F)F)ccc2Cl)n1. The predicted octanol–water partition coefficient (Wildman–Crippen LogP) is 5.21. The molecule has 0 saturated carbocycles. The Labute approximate surface area is 158 Å². The molecule has 0 aliphatic rings. The highest BCUT2D eigenvalue weighted by Gasteiger charge is 2.31. The molecule has 0 fully saturated rings. The van der Waals surface area contributed by atoms with Gasteiger partial charge in [0.2, 0.25) is 5.95 Å². The van der Waals surface area contributed by atoms with Gasteiger partial charge >= 0.3 is 6.18 Å². The summed E-state index contributed by atoms with van der Waals surface area (Å²) in [5.74, 6) is 0.463. The molecule has 5 nitrogen and oxygen atoms in total. The van der Waals surface area contributed by atoms with Crippen LogP contribution in [0.2, 0.25) is 5.02 Å². The third-order valence-electron chi connectivity index (χ3n) is 3.81. The van der Waals surface area contributed by atoms with E-state index >= 15 is 0 Å². The van der Waals surface area contributed by atoms with Crippen molar-refractivity contribution in [2.45, 2.75) is 19.6 Å². The largest absolute Gasteiger partial charge is 0.416 e. The molecule has 0 radical (unpaired) electrons. The number of aromatic nitrogens is 3.